The van der Waals surface area contributed by atoms with Crippen molar-refractivity contribution < 1.29 is 14.3 Å². The average Bonchev–Trinajstić information content (AvgIpc) is 3.32. The number of ether oxygens (including phenoxy) is 2. The van der Waals surface area contributed by atoms with Gasteiger partial charge in [-0.1, -0.05) is 6.07 Å². The minimum Gasteiger partial charge on any atom is -0.480 e. The molecule has 1 amide bonds. The Morgan fingerprint density at radius 2 is 2.21 bits per heavy atom. The molecule has 7 heteroatoms. The van der Waals surface area contributed by atoms with E-state index >= 15 is 0 Å². The first kappa shape index (κ1) is 19.0. The molecule has 0 saturated carbocycles. The number of aryl methyl sites for hydroxylation is 1. The number of aromatic amines is 1. The van der Waals surface area contributed by atoms with Gasteiger partial charge in [-0.3, -0.25) is 4.79 Å². The maximum atomic E-state index is 12.5. The lowest BCUT2D eigenvalue weighted by Crippen LogP contribution is -2.30. The number of carbonyl (C=O) groups excluding carboxylic acids is 1. The standard InChI is InChI=1S/C21H22BrN3O3/c1-12-5-8-18(15(22)10-12)28-13(2)21(26)23-14-6-7-16-17(11-14)25-20(24-16)19-4-3-9-27-19/h5-8,10-11,13,19H,3-4,9H2,1-2H3,(H,23,26)(H,24,25). The fraction of sp³-hybridized carbons (Fsp3) is 0.333. The summed E-state index contributed by atoms with van der Waals surface area (Å²) in [5, 5.41) is 2.91. The molecule has 2 N–H and O–H groups in total. The summed E-state index contributed by atoms with van der Waals surface area (Å²) in [5.74, 6) is 1.26. The van der Waals surface area contributed by atoms with Crippen LogP contribution in [0.1, 0.15) is 37.3 Å². The third kappa shape index (κ3) is 4.05. The van der Waals surface area contributed by atoms with Gasteiger partial charge in [0.1, 0.15) is 17.7 Å². The number of fused-ring (bicyclic) bond motifs is 1. The number of imidazole rings is 1. The van der Waals surface area contributed by atoms with Crippen LogP contribution in [0.5, 0.6) is 5.75 Å². The summed E-state index contributed by atoms with van der Waals surface area (Å²) >= 11 is 3.47. The molecule has 1 aromatic heterocycles. The van der Waals surface area contributed by atoms with Crippen molar-refractivity contribution in [2.75, 3.05) is 11.9 Å². The van der Waals surface area contributed by atoms with Gasteiger partial charge in [0.25, 0.3) is 5.91 Å². The number of aromatic nitrogens is 2. The SMILES string of the molecule is Cc1ccc(OC(C)C(=O)Nc2ccc3nc(C4CCCO4)[nH]c3c2)c(Br)c1. The highest BCUT2D eigenvalue weighted by molar-refractivity contribution is 9.10. The summed E-state index contributed by atoms with van der Waals surface area (Å²) in [6.07, 6.45) is 1.43. The number of nitrogens with one attached hydrogen (secondary N) is 2. The molecule has 3 aromatic rings. The molecule has 1 aliphatic rings. The highest BCUT2D eigenvalue weighted by Crippen LogP contribution is 2.29. The number of rotatable bonds is 5. The summed E-state index contributed by atoms with van der Waals surface area (Å²) < 4.78 is 12.3. The number of amides is 1. The van der Waals surface area contributed by atoms with Crippen LogP contribution in [0.3, 0.4) is 0 Å². The lowest BCUT2D eigenvalue weighted by atomic mass is 10.2. The van der Waals surface area contributed by atoms with Crippen LogP contribution in [-0.2, 0) is 9.53 Å². The summed E-state index contributed by atoms with van der Waals surface area (Å²) in [5.41, 5.74) is 3.54. The third-order valence-corrected chi connectivity index (χ3v) is 5.38. The van der Waals surface area contributed by atoms with Crippen LogP contribution in [0, 0.1) is 6.92 Å². The third-order valence-electron chi connectivity index (χ3n) is 4.76. The van der Waals surface area contributed by atoms with Crippen LogP contribution in [0.15, 0.2) is 40.9 Å². The van der Waals surface area contributed by atoms with Crippen molar-refractivity contribution in [3.63, 3.8) is 0 Å². The number of benzene rings is 2. The first-order valence-electron chi connectivity index (χ1n) is 9.34. The molecular formula is C21H22BrN3O3. The van der Waals surface area contributed by atoms with E-state index in [2.05, 4.69) is 31.2 Å². The van der Waals surface area contributed by atoms with Gasteiger partial charge in [-0.2, -0.15) is 0 Å². The van der Waals surface area contributed by atoms with Crippen molar-refractivity contribution in [1.29, 1.82) is 0 Å². The Morgan fingerprint density at radius 3 is 2.96 bits per heavy atom. The number of H-pyrrole nitrogens is 1. The van der Waals surface area contributed by atoms with E-state index in [1.165, 1.54) is 0 Å². The second-order valence-electron chi connectivity index (χ2n) is 7.04. The van der Waals surface area contributed by atoms with Gasteiger partial charge >= 0.3 is 0 Å². The molecule has 2 heterocycles. The van der Waals surface area contributed by atoms with Crippen molar-refractivity contribution in [1.82, 2.24) is 9.97 Å². The van der Waals surface area contributed by atoms with E-state index in [1.807, 2.05) is 43.3 Å². The molecule has 1 saturated heterocycles. The number of halogens is 1. The van der Waals surface area contributed by atoms with Crippen LogP contribution in [0.25, 0.3) is 11.0 Å². The van der Waals surface area contributed by atoms with Crippen LogP contribution >= 0.6 is 15.9 Å². The highest BCUT2D eigenvalue weighted by Gasteiger charge is 2.21. The first-order valence-corrected chi connectivity index (χ1v) is 10.1. The van der Waals surface area contributed by atoms with Gasteiger partial charge < -0.3 is 19.8 Å². The van der Waals surface area contributed by atoms with E-state index in [0.717, 1.165) is 46.3 Å². The minimum absolute atomic E-state index is 0.0341. The van der Waals surface area contributed by atoms with E-state index in [4.69, 9.17) is 9.47 Å². The van der Waals surface area contributed by atoms with Crippen molar-refractivity contribution >= 4 is 38.6 Å². The van der Waals surface area contributed by atoms with Gasteiger partial charge in [-0.05, 0) is 78.5 Å². The summed E-state index contributed by atoms with van der Waals surface area (Å²) in [4.78, 5) is 20.5. The van der Waals surface area contributed by atoms with Gasteiger partial charge in [-0.25, -0.2) is 4.98 Å². The molecule has 4 rings (SSSR count). The minimum atomic E-state index is -0.640. The van der Waals surface area contributed by atoms with Gasteiger partial charge in [0.2, 0.25) is 0 Å². The van der Waals surface area contributed by atoms with Crippen molar-refractivity contribution in [2.45, 2.75) is 38.9 Å². The molecule has 0 spiro atoms. The van der Waals surface area contributed by atoms with E-state index < -0.39 is 6.10 Å². The summed E-state index contributed by atoms with van der Waals surface area (Å²) in [6, 6.07) is 11.4. The Kier molecular flexibility index (Phi) is 5.37. The normalized spacial score (nSPS) is 17.6. The Hall–Kier alpha value is -2.38. The fourth-order valence-corrected chi connectivity index (χ4v) is 3.83. The van der Waals surface area contributed by atoms with Crippen molar-refractivity contribution in [3.05, 3.63) is 52.3 Å². The molecule has 6 nitrogen and oxygen atoms in total. The predicted octanol–water partition coefficient (Wildman–Crippen LogP) is 4.89. The van der Waals surface area contributed by atoms with Gasteiger partial charge in [0.05, 0.1) is 15.5 Å². The zero-order chi connectivity index (χ0) is 19.7. The molecule has 0 bridgehead atoms. The number of hydrogen-bond acceptors (Lipinski definition) is 4. The molecule has 0 aliphatic carbocycles. The van der Waals surface area contributed by atoms with E-state index in [9.17, 15) is 4.79 Å². The number of hydrogen-bond donors (Lipinski definition) is 2. The van der Waals surface area contributed by atoms with Crippen LogP contribution < -0.4 is 10.1 Å². The van der Waals surface area contributed by atoms with Gasteiger partial charge in [0, 0.05) is 12.3 Å². The molecule has 28 heavy (non-hydrogen) atoms. The zero-order valence-corrected chi connectivity index (χ0v) is 17.4. The first-order chi connectivity index (χ1) is 13.5. The lowest BCUT2D eigenvalue weighted by Gasteiger charge is -2.16. The van der Waals surface area contributed by atoms with E-state index in [0.29, 0.717) is 11.4 Å². The number of carbonyl (C=O) groups is 1. The molecule has 1 fully saturated rings. The summed E-state index contributed by atoms with van der Waals surface area (Å²) in [6.45, 7) is 4.50. The Bertz CT molecular complexity index is 1010. The van der Waals surface area contributed by atoms with Gasteiger partial charge in [0.15, 0.2) is 6.10 Å². The summed E-state index contributed by atoms with van der Waals surface area (Å²) in [7, 11) is 0. The average molecular weight is 444 g/mol. The van der Waals surface area contributed by atoms with E-state index in [-0.39, 0.29) is 12.0 Å². The molecule has 2 unspecified atom stereocenters. The molecule has 1 aliphatic heterocycles. The van der Waals surface area contributed by atoms with Crippen molar-refractivity contribution in [3.8, 4) is 5.75 Å². The molecule has 0 radical (unpaired) electrons. The monoisotopic (exact) mass is 443 g/mol. The molecule has 2 atom stereocenters. The Morgan fingerprint density at radius 1 is 1.36 bits per heavy atom. The molecular weight excluding hydrogens is 422 g/mol. The second kappa shape index (κ2) is 7.93. The Labute approximate surface area is 171 Å². The smallest absolute Gasteiger partial charge is 0.265 e. The highest BCUT2D eigenvalue weighted by atomic mass is 79.9. The van der Waals surface area contributed by atoms with Crippen LogP contribution in [0.4, 0.5) is 5.69 Å². The Balaban J connectivity index is 1.45. The fourth-order valence-electron chi connectivity index (χ4n) is 3.24. The van der Waals surface area contributed by atoms with Crippen LogP contribution in [0.2, 0.25) is 0 Å². The topological polar surface area (TPSA) is 76.2 Å². The predicted molar refractivity (Wildman–Crippen MR) is 112 cm³/mol. The lowest BCUT2D eigenvalue weighted by molar-refractivity contribution is -0.122. The molecule has 146 valence electrons. The van der Waals surface area contributed by atoms with E-state index in [1.54, 1.807) is 6.92 Å². The van der Waals surface area contributed by atoms with Crippen LogP contribution in [-0.4, -0.2) is 28.6 Å². The number of nitrogens with zero attached hydrogens (tertiary/aromatic N) is 1. The maximum absolute atomic E-state index is 12.5. The maximum Gasteiger partial charge on any atom is 0.265 e. The largest absolute Gasteiger partial charge is 0.480 e. The quantitative estimate of drug-likeness (QED) is 0.588. The number of anilines is 1. The van der Waals surface area contributed by atoms with Crippen molar-refractivity contribution in [2.24, 2.45) is 0 Å². The second-order valence-corrected chi connectivity index (χ2v) is 7.89. The molecule has 2 aromatic carbocycles. The van der Waals surface area contributed by atoms with Gasteiger partial charge in [-0.15, -0.1) is 0 Å². The zero-order valence-electron chi connectivity index (χ0n) is 15.8.